The highest BCUT2D eigenvalue weighted by molar-refractivity contribution is 7.92. The number of benzene rings is 3. The number of carbonyl (C=O) groups excluding carboxylic acids is 1. The number of hydrogen-bond donors (Lipinski definition) is 2. The molecule has 0 unspecified atom stereocenters. The maximum atomic E-state index is 13.3. The number of hydrogen-bond acceptors (Lipinski definition) is 4. The number of anilines is 1. The Morgan fingerprint density at radius 1 is 1.00 bits per heavy atom. The van der Waals surface area contributed by atoms with Gasteiger partial charge < -0.3 is 10.1 Å². The third-order valence-corrected chi connectivity index (χ3v) is 7.97. The SMILES string of the molecule is CCC1(CC)C[C@H](NC(=O)c2ccc(C)c(NS(=O)(=O)c3ccccc3)c2)c2ccccc2O1. The van der Waals surface area contributed by atoms with Gasteiger partial charge >= 0.3 is 0 Å². The van der Waals surface area contributed by atoms with E-state index in [1.807, 2.05) is 24.3 Å². The molecule has 2 N–H and O–H groups in total. The van der Waals surface area contributed by atoms with Gasteiger partial charge in [0.05, 0.1) is 16.6 Å². The predicted octanol–water partition coefficient (Wildman–Crippen LogP) is 5.61. The average molecular weight is 479 g/mol. The van der Waals surface area contributed by atoms with Crippen LogP contribution in [-0.2, 0) is 10.0 Å². The Morgan fingerprint density at radius 2 is 1.68 bits per heavy atom. The molecule has 34 heavy (non-hydrogen) atoms. The number of amides is 1. The second kappa shape index (κ2) is 9.50. The quantitative estimate of drug-likeness (QED) is 0.462. The summed E-state index contributed by atoms with van der Waals surface area (Å²) in [6.07, 6.45) is 2.34. The second-order valence-electron chi connectivity index (χ2n) is 8.71. The highest BCUT2D eigenvalue weighted by Gasteiger charge is 2.39. The number of nitrogens with one attached hydrogen (secondary N) is 2. The molecule has 0 aromatic heterocycles. The molecule has 178 valence electrons. The van der Waals surface area contributed by atoms with Crippen LogP contribution in [0.4, 0.5) is 5.69 Å². The van der Waals surface area contributed by atoms with Crippen LogP contribution in [0, 0.1) is 6.92 Å². The first kappa shape index (κ1) is 23.8. The van der Waals surface area contributed by atoms with Gasteiger partial charge in [-0.1, -0.05) is 56.3 Å². The van der Waals surface area contributed by atoms with Crippen molar-refractivity contribution in [1.29, 1.82) is 0 Å². The largest absolute Gasteiger partial charge is 0.487 e. The van der Waals surface area contributed by atoms with E-state index < -0.39 is 10.0 Å². The van der Waals surface area contributed by atoms with Gasteiger partial charge in [-0.2, -0.15) is 0 Å². The minimum absolute atomic E-state index is 0.165. The molecule has 1 atom stereocenters. The van der Waals surface area contributed by atoms with E-state index >= 15 is 0 Å². The highest BCUT2D eigenvalue weighted by Crippen LogP contribution is 2.42. The van der Waals surface area contributed by atoms with E-state index in [9.17, 15) is 13.2 Å². The Hall–Kier alpha value is -3.32. The fourth-order valence-electron chi connectivity index (χ4n) is 4.35. The van der Waals surface area contributed by atoms with Gasteiger partial charge in [0.2, 0.25) is 0 Å². The van der Waals surface area contributed by atoms with Gasteiger partial charge in [0, 0.05) is 17.5 Å². The van der Waals surface area contributed by atoms with Crippen molar-refractivity contribution in [2.75, 3.05) is 4.72 Å². The first-order valence-corrected chi connectivity index (χ1v) is 13.0. The van der Waals surface area contributed by atoms with E-state index in [4.69, 9.17) is 4.74 Å². The van der Waals surface area contributed by atoms with E-state index in [-0.39, 0.29) is 22.4 Å². The van der Waals surface area contributed by atoms with E-state index in [2.05, 4.69) is 23.9 Å². The Balaban J connectivity index is 1.59. The van der Waals surface area contributed by atoms with E-state index in [0.717, 1.165) is 29.7 Å². The molecule has 3 aromatic carbocycles. The second-order valence-corrected chi connectivity index (χ2v) is 10.4. The molecule has 1 heterocycles. The van der Waals surface area contributed by atoms with Gasteiger partial charge in [-0.3, -0.25) is 9.52 Å². The Kier molecular flexibility index (Phi) is 6.66. The van der Waals surface area contributed by atoms with E-state index in [1.165, 1.54) is 12.1 Å². The molecule has 0 aliphatic carbocycles. The lowest BCUT2D eigenvalue weighted by Crippen LogP contribution is -2.44. The summed E-state index contributed by atoms with van der Waals surface area (Å²) < 4.78 is 34.6. The zero-order valence-corrected chi connectivity index (χ0v) is 20.5. The third-order valence-electron chi connectivity index (χ3n) is 6.59. The van der Waals surface area contributed by atoms with Crippen LogP contribution >= 0.6 is 0 Å². The molecular formula is C27H30N2O4S. The van der Waals surface area contributed by atoms with Crippen molar-refractivity contribution < 1.29 is 17.9 Å². The zero-order chi connectivity index (χ0) is 24.3. The topological polar surface area (TPSA) is 84.5 Å². The molecule has 0 radical (unpaired) electrons. The molecule has 3 aromatic rings. The lowest BCUT2D eigenvalue weighted by molar-refractivity contribution is 0.0227. The van der Waals surface area contributed by atoms with Crippen molar-refractivity contribution in [3.63, 3.8) is 0 Å². The minimum atomic E-state index is -3.77. The number of aryl methyl sites for hydroxylation is 1. The number of ether oxygens (including phenoxy) is 1. The lowest BCUT2D eigenvalue weighted by Gasteiger charge is -2.41. The van der Waals surface area contributed by atoms with Crippen LogP contribution < -0.4 is 14.8 Å². The molecule has 0 saturated heterocycles. The van der Waals surface area contributed by atoms with Gasteiger partial charge in [-0.25, -0.2) is 8.42 Å². The van der Waals surface area contributed by atoms with Gasteiger partial charge in [-0.15, -0.1) is 0 Å². The van der Waals surface area contributed by atoms with E-state index in [1.54, 1.807) is 43.3 Å². The number of carbonyl (C=O) groups is 1. The Labute approximate surface area is 201 Å². The summed E-state index contributed by atoms with van der Waals surface area (Å²) in [5, 5.41) is 3.16. The minimum Gasteiger partial charge on any atom is -0.487 e. The van der Waals surface area contributed by atoms with Crippen LogP contribution in [0.15, 0.2) is 77.7 Å². The first-order chi connectivity index (χ1) is 16.3. The maximum Gasteiger partial charge on any atom is 0.261 e. The molecule has 7 heteroatoms. The monoisotopic (exact) mass is 478 g/mol. The van der Waals surface area contributed by atoms with Crippen molar-refractivity contribution in [2.45, 2.75) is 56.6 Å². The smallest absolute Gasteiger partial charge is 0.261 e. The van der Waals surface area contributed by atoms with Crippen LogP contribution in [0.2, 0.25) is 0 Å². The highest BCUT2D eigenvalue weighted by atomic mass is 32.2. The number of fused-ring (bicyclic) bond motifs is 1. The molecule has 0 saturated carbocycles. The summed E-state index contributed by atoms with van der Waals surface area (Å²) in [6, 6.07) is 20.8. The van der Waals surface area contributed by atoms with Gasteiger partial charge in [0.1, 0.15) is 11.4 Å². The van der Waals surface area contributed by atoms with Gasteiger partial charge in [0.25, 0.3) is 15.9 Å². The molecule has 1 aliphatic rings. The molecule has 0 spiro atoms. The number of rotatable bonds is 7. The normalized spacial score (nSPS) is 16.7. The van der Waals surface area contributed by atoms with Crippen LogP contribution in [0.25, 0.3) is 0 Å². The third kappa shape index (κ3) is 4.80. The molecule has 1 amide bonds. The lowest BCUT2D eigenvalue weighted by atomic mass is 9.83. The van der Waals surface area contributed by atoms with Crippen LogP contribution in [0.3, 0.4) is 0 Å². The fourth-order valence-corrected chi connectivity index (χ4v) is 5.49. The first-order valence-electron chi connectivity index (χ1n) is 11.5. The number of sulfonamides is 1. The van der Waals surface area contributed by atoms with Gasteiger partial charge in [-0.05, 0) is 55.7 Å². The molecule has 0 fully saturated rings. The molecule has 1 aliphatic heterocycles. The predicted molar refractivity (Wildman–Crippen MR) is 134 cm³/mol. The van der Waals surface area contributed by atoms with Gasteiger partial charge in [0.15, 0.2) is 0 Å². The molecule has 6 nitrogen and oxygen atoms in total. The standard InChI is InChI=1S/C27H30N2O4S/c1-4-27(5-2)18-24(22-13-9-10-14-25(22)33-27)28-26(30)20-16-15-19(3)23(17-20)29-34(31,32)21-11-7-6-8-12-21/h6-17,24,29H,4-5,18H2,1-3H3,(H,28,30)/t24-/m0/s1. The summed E-state index contributed by atoms with van der Waals surface area (Å²) >= 11 is 0. The summed E-state index contributed by atoms with van der Waals surface area (Å²) in [7, 11) is -3.77. The van der Waals surface area contributed by atoms with Crippen LogP contribution in [0.1, 0.15) is 60.6 Å². The fraction of sp³-hybridized carbons (Fsp3) is 0.296. The zero-order valence-electron chi connectivity index (χ0n) is 19.7. The Morgan fingerprint density at radius 3 is 2.38 bits per heavy atom. The Bertz CT molecular complexity index is 1280. The van der Waals surface area contributed by atoms with E-state index in [0.29, 0.717) is 17.7 Å². The van der Waals surface area contributed by atoms with Crippen molar-refractivity contribution >= 4 is 21.6 Å². The van der Waals surface area contributed by atoms with Crippen LogP contribution in [-0.4, -0.2) is 19.9 Å². The summed E-state index contributed by atoms with van der Waals surface area (Å²) in [4.78, 5) is 13.4. The molecule has 4 rings (SSSR count). The summed E-state index contributed by atoms with van der Waals surface area (Å²) in [5.74, 6) is 0.533. The maximum absolute atomic E-state index is 13.3. The summed E-state index contributed by atoms with van der Waals surface area (Å²) in [5.41, 5.74) is 2.10. The average Bonchev–Trinajstić information content (AvgIpc) is 2.85. The van der Waals surface area contributed by atoms with Crippen molar-refractivity contribution in [1.82, 2.24) is 5.32 Å². The summed E-state index contributed by atoms with van der Waals surface area (Å²) in [6.45, 7) is 6.00. The molecule has 0 bridgehead atoms. The van der Waals surface area contributed by atoms with Crippen molar-refractivity contribution in [2.24, 2.45) is 0 Å². The van der Waals surface area contributed by atoms with Crippen molar-refractivity contribution in [3.05, 3.63) is 89.5 Å². The number of para-hydroxylation sites is 1. The molecular weight excluding hydrogens is 448 g/mol. The van der Waals surface area contributed by atoms with Crippen LogP contribution in [0.5, 0.6) is 5.75 Å². The van der Waals surface area contributed by atoms with Crippen molar-refractivity contribution in [3.8, 4) is 5.75 Å².